The van der Waals surface area contributed by atoms with Crippen LogP contribution in [0.25, 0.3) is 0 Å². The zero-order valence-electron chi connectivity index (χ0n) is 10.9. The number of aliphatic hydroxyl groups is 1. The van der Waals surface area contributed by atoms with E-state index in [0.717, 1.165) is 23.8 Å². The van der Waals surface area contributed by atoms with E-state index in [1.807, 2.05) is 18.3 Å². The molecular weight excluding hydrogens is 224 g/mol. The van der Waals surface area contributed by atoms with Crippen LogP contribution < -0.4 is 4.90 Å². The van der Waals surface area contributed by atoms with Crippen molar-refractivity contribution in [1.29, 1.82) is 0 Å². The van der Waals surface area contributed by atoms with Gasteiger partial charge in [-0.3, -0.25) is 0 Å². The topological polar surface area (TPSA) is 36.4 Å². The molecule has 2 atom stereocenters. The van der Waals surface area contributed by atoms with Gasteiger partial charge in [0, 0.05) is 24.3 Å². The summed E-state index contributed by atoms with van der Waals surface area (Å²) in [7, 11) is 0. The van der Waals surface area contributed by atoms with Crippen molar-refractivity contribution < 1.29 is 5.11 Å². The molecule has 0 amide bonds. The number of hydrogen-bond acceptors (Lipinski definition) is 3. The molecule has 2 fully saturated rings. The number of anilines is 1. The van der Waals surface area contributed by atoms with Crippen LogP contribution in [0, 0.1) is 5.92 Å². The first-order valence-corrected chi connectivity index (χ1v) is 7.21. The molecule has 2 aliphatic rings. The van der Waals surface area contributed by atoms with Gasteiger partial charge in [-0.15, -0.1) is 0 Å². The van der Waals surface area contributed by atoms with Gasteiger partial charge in [0.25, 0.3) is 0 Å². The third-order valence-corrected chi connectivity index (χ3v) is 4.55. The fourth-order valence-electron chi connectivity index (χ4n) is 3.70. The standard InChI is InChI=1S/C15H22N2O/c18-11-13-6-3-9-16-15(13)17-10-4-7-12-5-1-2-8-14(12)17/h3,6,9,12,14,18H,1-2,4-5,7-8,10-11H2/t12-,14-/m1/s1. The predicted octanol–water partition coefficient (Wildman–Crippen LogP) is 2.73. The monoisotopic (exact) mass is 246 g/mol. The summed E-state index contributed by atoms with van der Waals surface area (Å²) in [5, 5.41) is 9.48. The van der Waals surface area contributed by atoms with Crippen molar-refractivity contribution in [3.63, 3.8) is 0 Å². The lowest BCUT2D eigenvalue weighted by Gasteiger charge is -2.45. The Bertz CT molecular complexity index is 405. The van der Waals surface area contributed by atoms with Crippen LogP contribution in [0.5, 0.6) is 0 Å². The van der Waals surface area contributed by atoms with E-state index in [1.165, 1.54) is 38.5 Å². The first-order valence-electron chi connectivity index (χ1n) is 7.21. The fourth-order valence-corrected chi connectivity index (χ4v) is 3.70. The number of aromatic nitrogens is 1. The second-order valence-corrected chi connectivity index (χ2v) is 5.59. The zero-order valence-corrected chi connectivity index (χ0v) is 10.9. The molecule has 0 spiro atoms. The van der Waals surface area contributed by atoms with Crippen LogP contribution in [0.2, 0.25) is 0 Å². The third kappa shape index (κ3) is 2.12. The van der Waals surface area contributed by atoms with Crippen LogP contribution in [0.1, 0.15) is 44.1 Å². The summed E-state index contributed by atoms with van der Waals surface area (Å²) in [6, 6.07) is 4.57. The maximum absolute atomic E-state index is 9.48. The number of hydrogen-bond donors (Lipinski definition) is 1. The molecular formula is C15H22N2O. The summed E-state index contributed by atoms with van der Waals surface area (Å²) in [5.41, 5.74) is 0.976. The zero-order chi connectivity index (χ0) is 12.4. The first-order chi connectivity index (χ1) is 8.90. The molecule has 2 heterocycles. The average molecular weight is 246 g/mol. The Morgan fingerprint density at radius 2 is 2.06 bits per heavy atom. The Morgan fingerprint density at radius 1 is 1.22 bits per heavy atom. The highest BCUT2D eigenvalue weighted by Gasteiger charge is 2.34. The number of aliphatic hydroxyl groups excluding tert-OH is 1. The summed E-state index contributed by atoms with van der Waals surface area (Å²) in [4.78, 5) is 7.00. The molecule has 3 nitrogen and oxygen atoms in total. The maximum Gasteiger partial charge on any atom is 0.134 e. The molecule has 18 heavy (non-hydrogen) atoms. The summed E-state index contributed by atoms with van der Waals surface area (Å²) >= 11 is 0. The van der Waals surface area contributed by atoms with Gasteiger partial charge < -0.3 is 10.0 Å². The molecule has 0 radical (unpaired) electrons. The molecule has 1 N–H and O–H groups in total. The molecule has 1 aromatic rings. The van der Waals surface area contributed by atoms with Crippen molar-refractivity contribution in [3.05, 3.63) is 23.9 Å². The van der Waals surface area contributed by atoms with Crippen molar-refractivity contribution in [2.75, 3.05) is 11.4 Å². The van der Waals surface area contributed by atoms with E-state index in [4.69, 9.17) is 0 Å². The van der Waals surface area contributed by atoms with Gasteiger partial charge in [0.1, 0.15) is 5.82 Å². The smallest absolute Gasteiger partial charge is 0.134 e. The minimum atomic E-state index is 0.0943. The van der Waals surface area contributed by atoms with Gasteiger partial charge in [0.15, 0.2) is 0 Å². The normalized spacial score (nSPS) is 27.9. The van der Waals surface area contributed by atoms with E-state index in [2.05, 4.69) is 9.88 Å². The maximum atomic E-state index is 9.48. The fraction of sp³-hybridized carbons (Fsp3) is 0.667. The van der Waals surface area contributed by atoms with E-state index in [1.54, 1.807) is 0 Å². The number of nitrogens with zero attached hydrogens (tertiary/aromatic N) is 2. The molecule has 3 rings (SSSR count). The van der Waals surface area contributed by atoms with Crippen LogP contribution in [0.3, 0.4) is 0 Å². The minimum absolute atomic E-state index is 0.0943. The summed E-state index contributed by atoms with van der Waals surface area (Å²) in [6.45, 7) is 1.20. The average Bonchev–Trinajstić information content (AvgIpc) is 2.46. The van der Waals surface area contributed by atoms with Crippen LogP contribution in [0.4, 0.5) is 5.82 Å². The quantitative estimate of drug-likeness (QED) is 0.871. The van der Waals surface area contributed by atoms with Gasteiger partial charge in [-0.2, -0.15) is 0 Å². The van der Waals surface area contributed by atoms with Crippen molar-refractivity contribution in [3.8, 4) is 0 Å². The SMILES string of the molecule is OCc1cccnc1N1CCC[C@H]2CCCC[C@H]21. The molecule has 3 heteroatoms. The Kier molecular flexibility index (Phi) is 3.50. The Balaban J connectivity index is 1.89. The Hall–Kier alpha value is -1.09. The second-order valence-electron chi connectivity index (χ2n) is 5.59. The summed E-state index contributed by atoms with van der Waals surface area (Å²) < 4.78 is 0. The van der Waals surface area contributed by atoms with E-state index in [0.29, 0.717) is 6.04 Å². The summed E-state index contributed by atoms with van der Waals surface area (Å²) in [5.74, 6) is 1.87. The van der Waals surface area contributed by atoms with Crippen molar-refractivity contribution in [2.45, 2.75) is 51.2 Å². The molecule has 1 saturated carbocycles. The Morgan fingerprint density at radius 3 is 2.94 bits per heavy atom. The van der Waals surface area contributed by atoms with E-state index >= 15 is 0 Å². The highest BCUT2D eigenvalue weighted by atomic mass is 16.3. The molecule has 0 unspecified atom stereocenters. The van der Waals surface area contributed by atoms with Crippen molar-refractivity contribution in [1.82, 2.24) is 4.98 Å². The molecule has 1 aliphatic heterocycles. The molecule has 1 saturated heterocycles. The highest BCUT2D eigenvalue weighted by Crippen LogP contribution is 2.37. The largest absolute Gasteiger partial charge is 0.392 e. The number of fused-ring (bicyclic) bond motifs is 1. The van der Waals surface area contributed by atoms with Gasteiger partial charge in [-0.25, -0.2) is 4.98 Å². The van der Waals surface area contributed by atoms with Crippen molar-refractivity contribution in [2.24, 2.45) is 5.92 Å². The second kappa shape index (κ2) is 5.27. The molecule has 1 aliphatic carbocycles. The van der Waals surface area contributed by atoms with E-state index < -0.39 is 0 Å². The third-order valence-electron chi connectivity index (χ3n) is 4.55. The van der Waals surface area contributed by atoms with Gasteiger partial charge in [0.05, 0.1) is 6.61 Å². The number of rotatable bonds is 2. The number of pyridine rings is 1. The van der Waals surface area contributed by atoms with E-state index in [-0.39, 0.29) is 6.61 Å². The van der Waals surface area contributed by atoms with Crippen molar-refractivity contribution >= 4 is 5.82 Å². The molecule has 0 aromatic carbocycles. The lowest BCUT2D eigenvalue weighted by molar-refractivity contribution is 0.240. The van der Waals surface area contributed by atoms with Gasteiger partial charge in [-0.05, 0) is 37.7 Å². The van der Waals surface area contributed by atoms with Crippen LogP contribution in [-0.4, -0.2) is 22.7 Å². The first kappa shape index (κ1) is 12.0. The van der Waals surface area contributed by atoms with Gasteiger partial charge >= 0.3 is 0 Å². The van der Waals surface area contributed by atoms with Gasteiger partial charge in [-0.1, -0.05) is 18.9 Å². The van der Waals surface area contributed by atoms with Crippen LogP contribution >= 0.6 is 0 Å². The van der Waals surface area contributed by atoms with Gasteiger partial charge in [0.2, 0.25) is 0 Å². The predicted molar refractivity (Wildman–Crippen MR) is 72.5 cm³/mol. The van der Waals surface area contributed by atoms with Crippen LogP contribution in [-0.2, 0) is 6.61 Å². The molecule has 0 bridgehead atoms. The highest BCUT2D eigenvalue weighted by molar-refractivity contribution is 5.48. The summed E-state index contributed by atoms with van der Waals surface area (Å²) in [6.07, 6.45) is 9.91. The Labute approximate surface area is 109 Å². The van der Waals surface area contributed by atoms with Crippen LogP contribution in [0.15, 0.2) is 18.3 Å². The molecule has 98 valence electrons. The minimum Gasteiger partial charge on any atom is -0.392 e. The molecule has 1 aromatic heterocycles. The van der Waals surface area contributed by atoms with E-state index in [9.17, 15) is 5.11 Å². The lowest BCUT2D eigenvalue weighted by Crippen LogP contribution is -2.47. The number of piperidine rings is 1. The lowest BCUT2D eigenvalue weighted by atomic mass is 9.78.